The minimum atomic E-state index is -4.60. The van der Waals surface area contributed by atoms with Crippen LogP contribution in [0, 0.1) is 0 Å². The van der Waals surface area contributed by atoms with Crippen molar-refractivity contribution in [2.75, 3.05) is 40.9 Å². The van der Waals surface area contributed by atoms with Gasteiger partial charge in [0.25, 0.3) is 7.82 Å². The van der Waals surface area contributed by atoms with E-state index in [0.29, 0.717) is 17.4 Å². The fourth-order valence-electron chi connectivity index (χ4n) is 8.19. The second-order valence-corrected chi connectivity index (χ2v) is 21.7. The molecule has 0 saturated heterocycles. The van der Waals surface area contributed by atoms with Gasteiger partial charge < -0.3 is 28.8 Å². The zero-order chi connectivity index (χ0) is 47.8. The van der Waals surface area contributed by atoms with Crippen LogP contribution in [-0.2, 0) is 18.4 Å². The van der Waals surface area contributed by atoms with Crippen LogP contribution in [0.5, 0.6) is 0 Å². The van der Waals surface area contributed by atoms with Crippen LogP contribution in [0.25, 0.3) is 0 Å². The Kier molecular flexibility index (Phi) is 46.8. The summed E-state index contributed by atoms with van der Waals surface area (Å²) in [4.78, 5) is 25.5. The average Bonchev–Trinajstić information content (AvgIpc) is 3.26. The summed E-state index contributed by atoms with van der Waals surface area (Å²) in [6, 6.07) is -0.907. The molecule has 0 aliphatic rings. The number of aliphatic hydroxyl groups is 1. The molecule has 0 spiro atoms. The van der Waals surface area contributed by atoms with Crippen molar-refractivity contribution in [3.8, 4) is 0 Å². The molecule has 0 fully saturated rings. The fraction of sp³-hybridized carbons (Fsp3) is 0.875. The van der Waals surface area contributed by atoms with Gasteiger partial charge in [0, 0.05) is 6.42 Å². The number of nitrogens with zero attached hydrogens (tertiary/aromatic N) is 1. The van der Waals surface area contributed by atoms with Crippen LogP contribution < -0.4 is 10.2 Å². The summed E-state index contributed by atoms with van der Waals surface area (Å²) in [5, 5.41) is 13.8. The van der Waals surface area contributed by atoms with Gasteiger partial charge in [0.1, 0.15) is 13.2 Å². The monoisotopic (exact) mass is 937 g/mol. The van der Waals surface area contributed by atoms with Crippen LogP contribution in [0.15, 0.2) is 36.5 Å². The minimum Gasteiger partial charge on any atom is -0.756 e. The van der Waals surface area contributed by atoms with Crippen molar-refractivity contribution in [1.82, 2.24) is 5.32 Å². The molecule has 9 heteroatoms. The summed E-state index contributed by atoms with van der Waals surface area (Å²) < 4.78 is 23.3. The van der Waals surface area contributed by atoms with Crippen LogP contribution in [0.2, 0.25) is 0 Å². The first-order valence-corrected chi connectivity index (χ1v) is 29.3. The van der Waals surface area contributed by atoms with Gasteiger partial charge in [0.05, 0.1) is 39.9 Å². The first-order valence-electron chi connectivity index (χ1n) is 27.9. The maximum Gasteiger partial charge on any atom is 0.268 e. The highest BCUT2D eigenvalue weighted by atomic mass is 31.2. The third kappa shape index (κ3) is 50.4. The maximum absolute atomic E-state index is 12.9. The molecule has 8 nitrogen and oxygen atoms in total. The smallest absolute Gasteiger partial charge is 0.268 e. The summed E-state index contributed by atoms with van der Waals surface area (Å²) in [5.41, 5.74) is 0. The van der Waals surface area contributed by atoms with Crippen molar-refractivity contribution in [3.05, 3.63) is 36.5 Å². The second-order valence-electron chi connectivity index (χ2n) is 20.3. The summed E-state index contributed by atoms with van der Waals surface area (Å²) in [6.45, 7) is 4.65. The van der Waals surface area contributed by atoms with E-state index in [1.54, 1.807) is 6.08 Å². The first kappa shape index (κ1) is 63.7. The maximum atomic E-state index is 12.9. The number of hydrogen-bond acceptors (Lipinski definition) is 6. The molecule has 3 unspecified atom stereocenters. The predicted octanol–water partition coefficient (Wildman–Crippen LogP) is 16.0. The number of rotatable bonds is 51. The summed E-state index contributed by atoms with van der Waals surface area (Å²) >= 11 is 0. The molecule has 0 aromatic heterocycles. The number of unbranched alkanes of at least 4 members (excludes halogenated alkanes) is 34. The number of phosphoric acid groups is 1. The standard InChI is InChI=1S/C56H109N2O6P/c1-6-8-10-12-14-16-18-20-22-24-26-28-29-30-32-34-36-38-40-42-44-46-48-50-56(60)57-54(53-64-65(61,62)63-52-51-58(3,4)5)55(59)49-47-45-43-41-39-37-35-33-31-27-25-23-21-19-17-15-13-11-9-7-2/h31,33,39,41,47,49,54-55,59H,6-30,32,34-38,40,42-46,48,50-53H2,1-5H3,(H-,57,60,61,62)/b33-31+,41-39+,49-47+. The molecule has 65 heavy (non-hydrogen) atoms. The van der Waals surface area contributed by atoms with Crippen LogP contribution in [0.1, 0.15) is 264 Å². The van der Waals surface area contributed by atoms with Gasteiger partial charge in [0.2, 0.25) is 5.91 Å². The molecule has 0 heterocycles. The van der Waals surface area contributed by atoms with Gasteiger partial charge in [-0.1, -0.05) is 249 Å². The van der Waals surface area contributed by atoms with E-state index in [-0.39, 0.29) is 12.5 Å². The Balaban J connectivity index is 4.28. The van der Waals surface area contributed by atoms with E-state index < -0.39 is 26.6 Å². The zero-order valence-corrected chi connectivity index (χ0v) is 44.6. The largest absolute Gasteiger partial charge is 0.756 e. The quantitative estimate of drug-likeness (QED) is 0.0272. The predicted molar refractivity (Wildman–Crippen MR) is 279 cm³/mol. The Morgan fingerprint density at radius 1 is 0.523 bits per heavy atom. The number of hydrogen-bond donors (Lipinski definition) is 2. The number of nitrogens with one attached hydrogen (secondary N) is 1. The van der Waals surface area contributed by atoms with E-state index >= 15 is 0 Å². The number of carbonyl (C=O) groups is 1. The lowest BCUT2D eigenvalue weighted by Gasteiger charge is -2.29. The molecular formula is C56H109N2O6P. The Bertz CT molecular complexity index is 1150. The Morgan fingerprint density at radius 3 is 1.25 bits per heavy atom. The molecule has 2 N–H and O–H groups in total. The lowest BCUT2D eigenvalue weighted by Crippen LogP contribution is -2.45. The van der Waals surface area contributed by atoms with E-state index in [4.69, 9.17) is 9.05 Å². The van der Waals surface area contributed by atoms with Crippen LogP contribution in [0.4, 0.5) is 0 Å². The number of phosphoric ester groups is 1. The van der Waals surface area contributed by atoms with Crippen LogP contribution in [-0.4, -0.2) is 68.5 Å². The topological polar surface area (TPSA) is 108 Å². The highest BCUT2D eigenvalue weighted by molar-refractivity contribution is 7.45. The van der Waals surface area contributed by atoms with Crippen molar-refractivity contribution in [2.24, 2.45) is 0 Å². The third-order valence-corrected chi connectivity index (χ3v) is 13.5. The summed E-state index contributed by atoms with van der Waals surface area (Å²) in [7, 11) is 1.24. The number of quaternary nitrogens is 1. The van der Waals surface area contributed by atoms with Crippen molar-refractivity contribution in [1.29, 1.82) is 0 Å². The van der Waals surface area contributed by atoms with E-state index in [1.165, 1.54) is 199 Å². The van der Waals surface area contributed by atoms with Crippen molar-refractivity contribution >= 4 is 13.7 Å². The van der Waals surface area contributed by atoms with Crippen LogP contribution in [0.3, 0.4) is 0 Å². The SMILES string of the molecule is CCCCCCCCCCCC/C=C/CC/C=C/CC/C=C/C(O)C(COP(=O)([O-])OCC[N+](C)(C)C)NC(=O)CCCCCCCCCCCCCCCCCCCCCCCCC. The normalized spacial score (nSPS) is 14.3. The highest BCUT2D eigenvalue weighted by Gasteiger charge is 2.23. The lowest BCUT2D eigenvalue weighted by atomic mass is 10.0. The average molecular weight is 937 g/mol. The number of allylic oxidation sites excluding steroid dienone is 5. The van der Waals surface area contributed by atoms with Gasteiger partial charge in [-0.2, -0.15) is 0 Å². The molecule has 0 aliphatic carbocycles. The first-order chi connectivity index (χ1) is 31.5. The number of likely N-dealkylation sites (N-methyl/N-ethyl adjacent to an activating group) is 1. The van der Waals surface area contributed by atoms with E-state index in [9.17, 15) is 19.4 Å². The zero-order valence-electron chi connectivity index (χ0n) is 43.7. The molecule has 1 amide bonds. The Morgan fingerprint density at radius 2 is 0.862 bits per heavy atom. The van der Waals surface area contributed by atoms with Gasteiger partial charge in [-0.25, -0.2) is 0 Å². The third-order valence-electron chi connectivity index (χ3n) is 12.6. The minimum absolute atomic E-state index is 0.00744. The summed E-state index contributed by atoms with van der Waals surface area (Å²) in [5.74, 6) is -0.207. The van der Waals surface area contributed by atoms with Gasteiger partial charge >= 0.3 is 0 Å². The van der Waals surface area contributed by atoms with Crippen molar-refractivity contribution in [2.45, 2.75) is 276 Å². The van der Waals surface area contributed by atoms with Crippen molar-refractivity contribution < 1.29 is 32.9 Å². The Hall–Kier alpha value is -1.28. The molecule has 3 atom stereocenters. The lowest BCUT2D eigenvalue weighted by molar-refractivity contribution is -0.870. The van der Waals surface area contributed by atoms with E-state index in [0.717, 1.165) is 44.9 Å². The molecule has 0 bridgehead atoms. The van der Waals surface area contributed by atoms with E-state index in [1.807, 2.05) is 27.2 Å². The molecule has 0 saturated carbocycles. The van der Waals surface area contributed by atoms with Crippen molar-refractivity contribution in [3.63, 3.8) is 0 Å². The molecule has 0 aliphatic heterocycles. The number of carbonyl (C=O) groups excluding carboxylic acids is 1. The van der Waals surface area contributed by atoms with Gasteiger partial charge in [-0.3, -0.25) is 9.36 Å². The number of aliphatic hydroxyl groups excluding tert-OH is 1. The molecular weight excluding hydrogens is 828 g/mol. The molecule has 0 rings (SSSR count). The summed E-state index contributed by atoms with van der Waals surface area (Å²) in [6.07, 6.45) is 60.7. The fourth-order valence-corrected chi connectivity index (χ4v) is 8.91. The second kappa shape index (κ2) is 47.8. The highest BCUT2D eigenvalue weighted by Crippen LogP contribution is 2.38. The van der Waals surface area contributed by atoms with E-state index in [2.05, 4.69) is 43.5 Å². The molecule has 0 radical (unpaired) electrons. The molecule has 384 valence electrons. The van der Waals surface area contributed by atoms with Gasteiger partial charge in [0.15, 0.2) is 0 Å². The Labute approximate surface area is 404 Å². The molecule has 0 aromatic rings. The van der Waals surface area contributed by atoms with Gasteiger partial charge in [-0.15, -0.1) is 0 Å². The van der Waals surface area contributed by atoms with Gasteiger partial charge in [-0.05, 0) is 44.9 Å². The number of amides is 1. The molecule has 0 aromatic carbocycles. The van der Waals surface area contributed by atoms with Crippen LogP contribution >= 0.6 is 7.82 Å².